The van der Waals surface area contributed by atoms with E-state index in [2.05, 4.69) is 34.6 Å². The smallest absolute Gasteiger partial charge is 0.252 e. The zero-order chi connectivity index (χ0) is 15.7. The number of amides is 2. The number of hydrogen-bond donors (Lipinski definition) is 2. The molecule has 0 spiro atoms. The van der Waals surface area contributed by atoms with Gasteiger partial charge in [-0.15, -0.1) is 0 Å². The van der Waals surface area contributed by atoms with Crippen molar-refractivity contribution in [2.75, 3.05) is 10.6 Å². The molecule has 7 heteroatoms. The second kappa shape index (κ2) is 5.59. The quantitative estimate of drug-likeness (QED) is 0.902. The minimum atomic E-state index is -0.646. The van der Waals surface area contributed by atoms with Crippen molar-refractivity contribution < 1.29 is 9.59 Å². The van der Waals surface area contributed by atoms with Crippen molar-refractivity contribution >= 4 is 23.5 Å². The van der Waals surface area contributed by atoms with Crippen LogP contribution in [0.1, 0.15) is 37.8 Å². The number of carbonyl (C=O) groups is 2. The molecule has 22 heavy (non-hydrogen) atoms. The fourth-order valence-corrected chi connectivity index (χ4v) is 2.39. The van der Waals surface area contributed by atoms with Gasteiger partial charge in [0.1, 0.15) is 12.4 Å². The summed E-state index contributed by atoms with van der Waals surface area (Å²) < 4.78 is 1.43. The van der Waals surface area contributed by atoms with E-state index in [1.54, 1.807) is 0 Å². The number of carbonyl (C=O) groups excluding carboxylic acids is 2. The Morgan fingerprint density at radius 1 is 1.36 bits per heavy atom. The van der Waals surface area contributed by atoms with E-state index in [1.165, 1.54) is 16.6 Å². The third kappa shape index (κ3) is 2.69. The molecule has 2 heterocycles. The first-order chi connectivity index (χ1) is 10.5. The molecule has 1 atom stereocenters. The van der Waals surface area contributed by atoms with Crippen LogP contribution in [0.3, 0.4) is 0 Å². The first-order valence-corrected chi connectivity index (χ1v) is 7.15. The van der Waals surface area contributed by atoms with Crippen molar-refractivity contribution in [1.29, 1.82) is 0 Å². The molecule has 2 N–H and O–H groups in total. The van der Waals surface area contributed by atoms with Gasteiger partial charge in [-0.2, -0.15) is 10.1 Å². The minimum Gasteiger partial charge on any atom is -0.326 e. The van der Waals surface area contributed by atoms with E-state index in [0.717, 1.165) is 0 Å². The largest absolute Gasteiger partial charge is 0.326 e. The van der Waals surface area contributed by atoms with E-state index in [4.69, 9.17) is 0 Å². The van der Waals surface area contributed by atoms with E-state index in [9.17, 15) is 9.59 Å². The Morgan fingerprint density at radius 3 is 2.77 bits per heavy atom. The van der Waals surface area contributed by atoms with Crippen LogP contribution in [0.2, 0.25) is 0 Å². The Balaban J connectivity index is 1.64. The molecule has 0 saturated heterocycles. The molecule has 2 amide bonds. The number of benzene rings is 1. The van der Waals surface area contributed by atoms with Gasteiger partial charge in [-0.05, 0) is 23.6 Å². The number of hydrogen-bond acceptors (Lipinski definition) is 4. The standard InChI is InChI=1S/C15H17N5O2/c1-9(2)10-3-5-11(6-4-10)18-13(21)7-12-14(22)19-15-16-8-17-20(12)15/h3-6,8-9,12H,7H2,1-2H3,(H,18,21)(H,16,17,19,22)/t12-/m0/s1. The van der Waals surface area contributed by atoms with Crippen LogP contribution >= 0.6 is 0 Å². The normalized spacial score (nSPS) is 16.5. The van der Waals surface area contributed by atoms with Gasteiger partial charge in [0.15, 0.2) is 0 Å². The number of nitrogens with one attached hydrogen (secondary N) is 2. The zero-order valence-corrected chi connectivity index (χ0v) is 12.4. The highest BCUT2D eigenvalue weighted by atomic mass is 16.2. The van der Waals surface area contributed by atoms with Crippen LogP contribution in [-0.2, 0) is 9.59 Å². The lowest BCUT2D eigenvalue weighted by Crippen LogP contribution is -2.23. The fraction of sp³-hybridized carbons (Fsp3) is 0.333. The summed E-state index contributed by atoms with van der Waals surface area (Å²) >= 11 is 0. The summed E-state index contributed by atoms with van der Waals surface area (Å²) in [4.78, 5) is 27.8. The molecule has 0 fully saturated rings. The number of aromatic nitrogens is 3. The summed E-state index contributed by atoms with van der Waals surface area (Å²) in [6, 6.07) is 7.05. The average molecular weight is 299 g/mol. The highest BCUT2D eigenvalue weighted by Gasteiger charge is 2.33. The third-order valence-electron chi connectivity index (χ3n) is 3.65. The van der Waals surface area contributed by atoms with Crippen LogP contribution in [0.25, 0.3) is 0 Å². The number of rotatable bonds is 4. The van der Waals surface area contributed by atoms with E-state index in [0.29, 0.717) is 17.6 Å². The van der Waals surface area contributed by atoms with E-state index < -0.39 is 6.04 Å². The van der Waals surface area contributed by atoms with E-state index in [-0.39, 0.29) is 18.2 Å². The van der Waals surface area contributed by atoms with E-state index in [1.807, 2.05) is 24.3 Å². The van der Waals surface area contributed by atoms with Crippen LogP contribution in [0, 0.1) is 0 Å². The SMILES string of the molecule is CC(C)c1ccc(NC(=O)C[C@H]2C(=O)Nc3ncnn32)cc1. The Bertz CT molecular complexity index is 705. The molecular formula is C15H17N5O2. The summed E-state index contributed by atoms with van der Waals surface area (Å²) in [7, 11) is 0. The van der Waals surface area contributed by atoms with Crippen LogP contribution in [-0.4, -0.2) is 26.6 Å². The number of anilines is 2. The highest BCUT2D eigenvalue weighted by molar-refractivity contribution is 6.00. The number of fused-ring (bicyclic) bond motifs is 1. The van der Waals surface area contributed by atoms with Crippen LogP contribution in [0.15, 0.2) is 30.6 Å². The molecule has 1 aromatic carbocycles. The van der Waals surface area contributed by atoms with Crippen molar-refractivity contribution in [3.63, 3.8) is 0 Å². The van der Waals surface area contributed by atoms with Gasteiger partial charge in [-0.25, -0.2) is 4.68 Å². The van der Waals surface area contributed by atoms with E-state index >= 15 is 0 Å². The molecule has 0 bridgehead atoms. The minimum absolute atomic E-state index is 0.0219. The molecule has 0 saturated carbocycles. The molecule has 1 aliphatic heterocycles. The second-order valence-electron chi connectivity index (χ2n) is 5.56. The summed E-state index contributed by atoms with van der Waals surface area (Å²) in [6.45, 7) is 4.23. The molecule has 3 rings (SSSR count). The van der Waals surface area contributed by atoms with Gasteiger partial charge in [0.25, 0.3) is 5.91 Å². The predicted molar refractivity (Wildman–Crippen MR) is 81.5 cm³/mol. The zero-order valence-electron chi connectivity index (χ0n) is 12.4. The van der Waals surface area contributed by atoms with Crippen molar-refractivity contribution in [2.24, 2.45) is 0 Å². The molecule has 1 aliphatic rings. The third-order valence-corrected chi connectivity index (χ3v) is 3.65. The van der Waals surface area contributed by atoms with Gasteiger partial charge in [0.05, 0.1) is 6.42 Å². The van der Waals surface area contributed by atoms with Gasteiger partial charge in [0, 0.05) is 5.69 Å². The van der Waals surface area contributed by atoms with Gasteiger partial charge in [-0.1, -0.05) is 26.0 Å². The van der Waals surface area contributed by atoms with Crippen LogP contribution in [0.5, 0.6) is 0 Å². The predicted octanol–water partition coefficient (Wildman–Crippen LogP) is 1.92. The monoisotopic (exact) mass is 299 g/mol. The summed E-state index contributed by atoms with van der Waals surface area (Å²) in [5.74, 6) is 0.323. The van der Waals surface area contributed by atoms with Gasteiger partial charge < -0.3 is 5.32 Å². The fourth-order valence-electron chi connectivity index (χ4n) is 2.39. The van der Waals surface area contributed by atoms with Crippen molar-refractivity contribution in [1.82, 2.24) is 14.8 Å². The Labute approximate surface area is 127 Å². The first kappa shape index (κ1) is 14.2. The molecule has 0 radical (unpaired) electrons. The topological polar surface area (TPSA) is 88.9 Å². The maximum atomic E-state index is 12.1. The second-order valence-corrected chi connectivity index (χ2v) is 5.56. The molecular weight excluding hydrogens is 282 g/mol. The lowest BCUT2D eigenvalue weighted by Gasteiger charge is -2.11. The lowest BCUT2D eigenvalue weighted by atomic mass is 10.0. The van der Waals surface area contributed by atoms with Crippen LogP contribution < -0.4 is 10.6 Å². The van der Waals surface area contributed by atoms with Crippen molar-refractivity contribution in [3.05, 3.63) is 36.2 Å². The lowest BCUT2D eigenvalue weighted by molar-refractivity contribution is -0.123. The highest BCUT2D eigenvalue weighted by Crippen LogP contribution is 2.24. The van der Waals surface area contributed by atoms with Crippen molar-refractivity contribution in [2.45, 2.75) is 32.2 Å². The summed E-state index contributed by atoms with van der Waals surface area (Å²) in [5, 5.41) is 9.35. The molecule has 2 aromatic rings. The van der Waals surface area contributed by atoms with Gasteiger partial charge >= 0.3 is 0 Å². The Morgan fingerprint density at radius 2 is 2.09 bits per heavy atom. The Kier molecular flexibility index (Phi) is 3.62. The first-order valence-electron chi connectivity index (χ1n) is 7.15. The summed E-state index contributed by atoms with van der Waals surface area (Å²) in [5.41, 5.74) is 1.92. The maximum absolute atomic E-state index is 12.1. The number of nitrogens with zero attached hydrogens (tertiary/aromatic N) is 3. The van der Waals surface area contributed by atoms with Crippen LogP contribution in [0.4, 0.5) is 11.6 Å². The molecule has 7 nitrogen and oxygen atoms in total. The molecule has 0 aliphatic carbocycles. The molecule has 1 aromatic heterocycles. The van der Waals surface area contributed by atoms with Gasteiger partial charge in [0.2, 0.25) is 11.9 Å². The average Bonchev–Trinajstić information content (AvgIpc) is 3.03. The Hall–Kier alpha value is -2.70. The van der Waals surface area contributed by atoms with Crippen molar-refractivity contribution in [3.8, 4) is 0 Å². The van der Waals surface area contributed by atoms with Gasteiger partial charge in [-0.3, -0.25) is 14.9 Å². The molecule has 0 unspecified atom stereocenters. The summed E-state index contributed by atoms with van der Waals surface area (Å²) in [6.07, 6.45) is 1.37. The maximum Gasteiger partial charge on any atom is 0.252 e. The molecule has 114 valence electrons.